The number of aliphatic imine (C=N–C) groups is 1. The molecule has 1 unspecified atom stereocenters. The van der Waals surface area contributed by atoms with Crippen LogP contribution in [-0.2, 0) is 13.0 Å². The van der Waals surface area contributed by atoms with E-state index in [4.69, 9.17) is 0 Å². The Hall–Kier alpha value is -2.70. The first-order valence-electron chi connectivity index (χ1n) is 11.4. The lowest BCUT2D eigenvalue weighted by molar-refractivity contribution is -0.127. The number of likely N-dealkylation sites (tertiary alicyclic amines) is 1. The van der Waals surface area contributed by atoms with Crippen LogP contribution in [0.3, 0.4) is 0 Å². The predicted octanol–water partition coefficient (Wildman–Crippen LogP) is 5.78. The van der Waals surface area contributed by atoms with Crippen LogP contribution in [0.5, 0.6) is 0 Å². The van der Waals surface area contributed by atoms with Gasteiger partial charge in [0, 0.05) is 31.4 Å². The number of nitrogens with zero attached hydrogens (tertiary/aromatic N) is 2. The van der Waals surface area contributed by atoms with E-state index in [1.165, 1.54) is 16.3 Å². The van der Waals surface area contributed by atoms with E-state index in [1.807, 2.05) is 19.3 Å². The van der Waals surface area contributed by atoms with E-state index in [0.717, 1.165) is 36.7 Å². The Balaban J connectivity index is 1.46. The molecule has 1 fully saturated rings. The number of nitrogens with one attached hydrogen (secondary N) is 1. The van der Waals surface area contributed by atoms with Crippen molar-refractivity contribution in [3.8, 4) is 0 Å². The first kappa shape index (κ1) is 23.5. The molecule has 1 aliphatic rings. The summed E-state index contributed by atoms with van der Waals surface area (Å²) < 4.78 is 37.8. The van der Waals surface area contributed by atoms with Crippen LogP contribution in [0, 0.1) is 5.92 Å². The maximum absolute atomic E-state index is 12.6. The quantitative estimate of drug-likeness (QED) is 0.438. The first-order chi connectivity index (χ1) is 15.8. The molecule has 0 saturated carbocycles. The lowest BCUT2D eigenvalue weighted by atomic mass is 9.97. The highest BCUT2D eigenvalue weighted by atomic mass is 19.4. The first-order valence-corrected chi connectivity index (χ1v) is 11.4. The van der Waals surface area contributed by atoms with Crippen molar-refractivity contribution in [2.45, 2.75) is 32.1 Å². The van der Waals surface area contributed by atoms with E-state index in [1.54, 1.807) is 24.3 Å². The molecular formula is C27H30F3N3. The van der Waals surface area contributed by atoms with Crippen molar-refractivity contribution in [2.24, 2.45) is 10.9 Å². The van der Waals surface area contributed by atoms with E-state index in [9.17, 15) is 13.2 Å². The summed E-state index contributed by atoms with van der Waals surface area (Å²) in [5.41, 5.74) is 3.59. The van der Waals surface area contributed by atoms with Crippen LogP contribution in [-0.4, -0.2) is 44.0 Å². The zero-order chi connectivity index (χ0) is 23.4. The fraction of sp³-hybridized carbons (Fsp3) is 0.370. The molecule has 1 aliphatic heterocycles. The third kappa shape index (κ3) is 6.01. The molecule has 174 valence electrons. The minimum atomic E-state index is -4.19. The van der Waals surface area contributed by atoms with Crippen molar-refractivity contribution < 1.29 is 13.2 Å². The molecule has 1 saturated heterocycles. The summed E-state index contributed by atoms with van der Waals surface area (Å²) in [6.07, 6.45) is -3.20. The molecular weight excluding hydrogens is 423 g/mol. The van der Waals surface area contributed by atoms with Crippen molar-refractivity contribution in [1.82, 2.24) is 10.2 Å². The van der Waals surface area contributed by atoms with Gasteiger partial charge >= 0.3 is 6.18 Å². The third-order valence-electron chi connectivity index (χ3n) is 6.24. The van der Waals surface area contributed by atoms with Crippen molar-refractivity contribution in [3.63, 3.8) is 0 Å². The molecule has 0 radical (unpaired) electrons. The highest BCUT2D eigenvalue weighted by Crippen LogP contribution is 2.26. The number of hydrogen-bond acceptors (Lipinski definition) is 3. The van der Waals surface area contributed by atoms with Gasteiger partial charge in [-0.2, -0.15) is 13.2 Å². The Bertz CT molecular complexity index is 1100. The molecule has 6 heteroatoms. The summed E-state index contributed by atoms with van der Waals surface area (Å²) in [6.45, 7) is 6.05. The zero-order valence-corrected chi connectivity index (χ0v) is 19.1. The minimum Gasteiger partial charge on any atom is -0.311 e. The van der Waals surface area contributed by atoms with E-state index in [2.05, 4.69) is 52.5 Å². The van der Waals surface area contributed by atoms with Gasteiger partial charge in [-0.3, -0.25) is 9.89 Å². The number of likely N-dealkylation sites (N-methyl/N-ethyl adjacent to an activating group) is 1. The highest BCUT2D eigenvalue weighted by molar-refractivity contribution is 6.01. The maximum atomic E-state index is 12.6. The fourth-order valence-electron chi connectivity index (χ4n) is 4.55. The summed E-state index contributed by atoms with van der Waals surface area (Å²) in [5, 5.41) is 5.66. The van der Waals surface area contributed by atoms with Gasteiger partial charge in [0.25, 0.3) is 0 Å². The average molecular weight is 454 g/mol. The van der Waals surface area contributed by atoms with Gasteiger partial charge in [0.2, 0.25) is 0 Å². The number of halogens is 3. The molecule has 4 rings (SSSR count). The molecule has 1 heterocycles. The van der Waals surface area contributed by atoms with Crippen molar-refractivity contribution in [2.75, 3.05) is 26.7 Å². The molecule has 3 aromatic carbocycles. The third-order valence-corrected chi connectivity index (χ3v) is 6.24. The summed E-state index contributed by atoms with van der Waals surface area (Å²) in [5.74, 6) is 0.781. The van der Waals surface area contributed by atoms with Crippen molar-refractivity contribution in [3.05, 3.63) is 82.9 Å². The van der Waals surface area contributed by atoms with Crippen LogP contribution >= 0.6 is 0 Å². The molecule has 0 spiro atoms. The summed E-state index contributed by atoms with van der Waals surface area (Å²) >= 11 is 0. The SMILES string of the molecule is CNC(CN=Cc1ccc(CN2CC(C)C2)c2ccccc12)c1ccc(CC(F)(F)F)cc1. The van der Waals surface area contributed by atoms with Gasteiger partial charge in [-0.05, 0) is 40.4 Å². The van der Waals surface area contributed by atoms with Gasteiger partial charge in [-0.25, -0.2) is 0 Å². The molecule has 33 heavy (non-hydrogen) atoms. The monoisotopic (exact) mass is 453 g/mol. The molecule has 3 nitrogen and oxygen atoms in total. The summed E-state index contributed by atoms with van der Waals surface area (Å²) in [7, 11) is 1.84. The second-order valence-corrected chi connectivity index (χ2v) is 9.03. The molecule has 0 aromatic heterocycles. The largest absolute Gasteiger partial charge is 0.393 e. The number of rotatable bonds is 8. The van der Waals surface area contributed by atoms with Crippen LogP contribution < -0.4 is 5.32 Å². The number of fused-ring (bicyclic) bond motifs is 1. The Morgan fingerprint density at radius 1 is 1.03 bits per heavy atom. The Morgan fingerprint density at radius 3 is 2.36 bits per heavy atom. The van der Waals surface area contributed by atoms with Gasteiger partial charge in [0.1, 0.15) is 0 Å². The Morgan fingerprint density at radius 2 is 1.73 bits per heavy atom. The van der Waals surface area contributed by atoms with Gasteiger partial charge in [0.15, 0.2) is 0 Å². The lowest BCUT2D eigenvalue weighted by Crippen LogP contribution is -2.44. The molecule has 0 aliphatic carbocycles. The average Bonchev–Trinajstić information content (AvgIpc) is 2.76. The predicted molar refractivity (Wildman–Crippen MR) is 129 cm³/mol. The molecule has 0 bridgehead atoms. The topological polar surface area (TPSA) is 27.6 Å². The van der Waals surface area contributed by atoms with Crippen molar-refractivity contribution in [1.29, 1.82) is 0 Å². The Kier molecular flexibility index (Phi) is 7.15. The summed E-state index contributed by atoms with van der Waals surface area (Å²) in [4.78, 5) is 7.14. The van der Waals surface area contributed by atoms with Crippen LogP contribution in [0.1, 0.15) is 35.2 Å². The minimum absolute atomic E-state index is 0.0693. The van der Waals surface area contributed by atoms with E-state index < -0.39 is 12.6 Å². The van der Waals surface area contributed by atoms with Gasteiger partial charge in [0.05, 0.1) is 19.0 Å². The number of hydrogen-bond donors (Lipinski definition) is 1. The van der Waals surface area contributed by atoms with E-state index in [0.29, 0.717) is 6.54 Å². The van der Waals surface area contributed by atoms with Gasteiger partial charge in [-0.1, -0.05) is 67.6 Å². The number of alkyl halides is 3. The highest BCUT2D eigenvalue weighted by Gasteiger charge is 2.27. The van der Waals surface area contributed by atoms with Gasteiger partial charge < -0.3 is 5.32 Å². The second kappa shape index (κ2) is 10.1. The van der Waals surface area contributed by atoms with Crippen LogP contribution in [0.2, 0.25) is 0 Å². The Labute approximate surface area is 193 Å². The molecule has 0 amide bonds. The molecule has 1 atom stereocenters. The maximum Gasteiger partial charge on any atom is 0.393 e. The second-order valence-electron chi connectivity index (χ2n) is 9.03. The number of benzene rings is 3. The molecule has 1 N–H and O–H groups in total. The van der Waals surface area contributed by atoms with Crippen molar-refractivity contribution >= 4 is 17.0 Å². The normalized spacial score (nSPS) is 16.4. The zero-order valence-electron chi connectivity index (χ0n) is 19.1. The van der Waals surface area contributed by atoms with E-state index >= 15 is 0 Å². The van der Waals surface area contributed by atoms with Crippen LogP contribution in [0.25, 0.3) is 10.8 Å². The standard InChI is InChI=1S/C27H30F3N3/c1-19-16-33(17-19)18-23-12-11-22(24-5-3-4-6-25(23)24)14-32-15-26(31-2)21-9-7-20(8-10-21)13-27(28,29)30/h3-12,14,19,26,31H,13,15-18H2,1-2H3. The van der Waals surface area contributed by atoms with E-state index in [-0.39, 0.29) is 11.6 Å². The smallest absolute Gasteiger partial charge is 0.311 e. The summed E-state index contributed by atoms with van der Waals surface area (Å²) in [6, 6.07) is 19.3. The van der Waals surface area contributed by atoms with Gasteiger partial charge in [-0.15, -0.1) is 0 Å². The molecule has 3 aromatic rings. The lowest BCUT2D eigenvalue weighted by Gasteiger charge is -2.37. The fourth-order valence-corrected chi connectivity index (χ4v) is 4.55. The van der Waals surface area contributed by atoms with Crippen LogP contribution in [0.15, 0.2) is 65.7 Å². The van der Waals surface area contributed by atoms with Crippen LogP contribution in [0.4, 0.5) is 13.2 Å².